The standard InChI is InChI=1S/C29H38FN8O3P/c1-16(2)36-15-21(29(3,30)42)33-26(36)19-10-7-17(13-20(19)40-5)14-37-22(39)11-12-38-28(37)34-25(35-38)23(27(32-4)41-6)24(31)18-8-9-18/h7,10,13,15-16,18,31-32H,8-9,11-12,14,42H2,1-6H3/b27-23-,31-24?. The first kappa shape index (κ1) is 29.7. The van der Waals surface area contributed by atoms with Crippen LogP contribution in [0.25, 0.3) is 17.0 Å². The van der Waals surface area contributed by atoms with Crippen LogP contribution in [0.3, 0.4) is 0 Å². The van der Waals surface area contributed by atoms with E-state index in [4.69, 9.17) is 19.9 Å². The maximum atomic E-state index is 14.8. The van der Waals surface area contributed by atoms with Gasteiger partial charge in [0.2, 0.25) is 11.9 Å². The highest BCUT2D eigenvalue weighted by Gasteiger charge is 2.35. The highest BCUT2D eigenvalue weighted by atomic mass is 31.0. The molecule has 3 heterocycles. The average Bonchev–Trinajstić information content (AvgIpc) is 3.55. The zero-order valence-corrected chi connectivity index (χ0v) is 26.0. The van der Waals surface area contributed by atoms with Gasteiger partial charge in [-0.2, -0.15) is 4.98 Å². The van der Waals surface area contributed by atoms with E-state index in [2.05, 4.69) is 24.6 Å². The molecule has 1 amide bonds. The number of ether oxygens (including phenoxy) is 2. The fourth-order valence-electron chi connectivity index (χ4n) is 5.07. The summed E-state index contributed by atoms with van der Waals surface area (Å²) in [5.41, 5.74) is 2.80. The Bertz CT molecular complexity index is 1540. The van der Waals surface area contributed by atoms with E-state index < -0.39 is 5.41 Å². The van der Waals surface area contributed by atoms with Crippen molar-refractivity contribution in [3.63, 3.8) is 0 Å². The molecule has 42 heavy (non-hydrogen) atoms. The van der Waals surface area contributed by atoms with Crippen LogP contribution in [0, 0.1) is 11.3 Å². The number of hydrogen-bond donors (Lipinski definition) is 2. The van der Waals surface area contributed by atoms with Gasteiger partial charge in [0, 0.05) is 31.6 Å². The molecule has 1 aliphatic heterocycles. The van der Waals surface area contributed by atoms with Gasteiger partial charge in [0.15, 0.2) is 17.1 Å². The first-order valence-corrected chi connectivity index (χ1v) is 14.6. The molecule has 1 fully saturated rings. The van der Waals surface area contributed by atoms with Crippen LogP contribution in [0.15, 0.2) is 30.3 Å². The number of aromatic nitrogens is 5. The Morgan fingerprint density at radius 1 is 1.29 bits per heavy atom. The molecule has 1 aliphatic carbocycles. The van der Waals surface area contributed by atoms with E-state index in [-0.39, 0.29) is 30.8 Å². The third-order valence-corrected chi connectivity index (χ3v) is 7.80. The fraction of sp³-hybridized carbons (Fsp3) is 0.483. The number of hydrogen-bond acceptors (Lipinski definition) is 8. The second-order valence-corrected chi connectivity index (χ2v) is 12.2. The van der Waals surface area contributed by atoms with Gasteiger partial charge in [-0.1, -0.05) is 15.3 Å². The summed E-state index contributed by atoms with van der Waals surface area (Å²) in [7, 11) is 7.04. The van der Waals surface area contributed by atoms with Gasteiger partial charge < -0.3 is 24.8 Å². The second kappa shape index (κ2) is 11.5. The van der Waals surface area contributed by atoms with Crippen molar-refractivity contribution >= 4 is 32.4 Å². The fourth-order valence-corrected chi connectivity index (χ4v) is 5.21. The summed E-state index contributed by atoms with van der Waals surface area (Å²) in [4.78, 5) is 24.1. The number of rotatable bonds is 11. The smallest absolute Gasteiger partial charge is 0.231 e. The molecule has 224 valence electrons. The number of benzene rings is 1. The number of allylic oxidation sites excluding steroid dienone is 1. The number of carbonyl (C=O) groups is 1. The molecular weight excluding hydrogens is 558 g/mol. The summed E-state index contributed by atoms with van der Waals surface area (Å²) in [5.74, 6) is 2.43. The Morgan fingerprint density at radius 2 is 2.02 bits per heavy atom. The summed E-state index contributed by atoms with van der Waals surface area (Å²) in [6.45, 7) is 6.12. The van der Waals surface area contributed by atoms with Crippen molar-refractivity contribution in [3.8, 4) is 17.1 Å². The number of nitrogens with zero attached hydrogens (tertiary/aromatic N) is 6. The van der Waals surface area contributed by atoms with E-state index in [0.717, 1.165) is 24.0 Å². The minimum absolute atomic E-state index is 0.0476. The maximum absolute atomic E-state index is 14.8. The van der Waals surface area contributed by atoms with Crippen molar-refractivity contribution in [2.24, 2.45) is 5.92 Å². The number of nitrogens with one attached hydrogen (secondary N) is 2. The quantitative estimate of drug-likeness (QED) is 0.188. The third-order valence-electron chi connectivity index (χ3n) is 7.51. The Kier molecular flexibility index (Phi) is 8.11. The number of alkyl halides is 1. The maximum Gasteiger partial charge on any atom is 0.231 e. The molecule has 13 heteroatoms. The lowest BCUT2D eigenvalue weighted by Crippen LogP contribution is -2.37. The van der Waals surface area contributed by atoms with E-state index in [1.54, 1.807) is 37.0 Å². The van der Waals surface area contributed by atoms with E-state index >= 15 is 0 Å². The SMILES string of the molecule is CN/C(OC)=C(\C(=N)C1CC1)c1nc2n(n1)CCC(=O)N2Cc1ccc(-c2nc(C(C)(F)P)cn2C(C)C)c(OC)c1. The molecule has 0 bridgehead atoms. The number of methoxy groups -OCH3 is 2. The summed E-state index contributed by atoms with van der Waals surface area (Å²) in [6.07, 6.45) is 3.90. The van der Waals surface area contributed by atoms with Crippen molar-refractivity contribution in [1.82, 2.24) is 29.6 Å². The third kappa shape index (κ3) is 5.64. The van der Waals surface area contributed by atoms with Crippen molar-refractivity contribution in [1.29, 1.82) is 5.41 Å². The minimum Gasteiger partial charge on any atom is -0.496 e. The van der Waals surface area contributed by atoms with Gasteiger partial charge >= 0.3 is 0 Å². The highest BCUT2D eigenvalue weighted by molar-refractivity contribution is 7.18. The van der Waals surface area contributed by atoms with Crippen LogP contribution in [0.5, 0.6) is 5.75 Å². The molecule has 0 radical (unpaired) electrons. The van der Waals surface area contributed by atoms with Gasteiger partial charge in [0.25, 0.3) is 0 Å². The Balaban J connectivity index is 1.49. The molecule has 0 spiro atoms. The van der Waals surface area contributed by atoms with Gasteiger partial charge in [-0.25, -0.2) is 14.1 Å². The van der Waals surface area contributed by atoms with Crippen LogP contribution in [-0.4, -0.2) is 57.2 Å². The lowest BCUT2D eigenvalue weighted by atomic mass is 10.1. The predicted molar refractivity (Wildman–Crippen MR) is 162 cm³/mol. The van der Waals surface area contributed by atoms with E-state index in [1.807, 2.05) is 36.6 Å². The Labute approximate surface area is 247 Å². The van der Waals surface area contributed by atoms with Gasteiger partial charge in [-0.15, -0.1) is 5.10 Å². The van der Waals surface area contributed by atoms with Crippen molar-refractivity contribution in [2.45, 2.75) is 64.6 Å². The Morgan fingerprint density at radius 3 is 2.62 bits per heavy atom. The monoisotopic (exact) mass is 596 g/mol. The van der Waals surface area contributed by atoms with Crippen LogP contribution in [0.1, 0.15) is 63.2 Å². The number of anilines is 1. The summed E-state index contributed by atoms with van der Waals surface area (Å²) in [5, 5.41) is 14.8. The van der Waals surface area contributed by atoms with Crippen LogP contribution in [-0.2, 0) is 28.0 Å². The molecule has 2 N–H and O–H groups in total. The lowest BCUT2D eigenvalue weighted by Gasteiger charge is -2.26. The zero-order valence-electron chi connectivity index (χ0n) is 24.9. The molecule has 1 aromatic carbocycles. The number of aryl methyl sites for hydroxylation is 1. The molecule has 2 unspecified atom stereocenters. The summed E-state index contributed by atoms with van der Waals surface area (Å²) < 4.78 is 29.7. The molecule has 3 aromatic rings. The first-order chi connectivity index (χ1) is 20.0. The van der Waals surface area contributed by atoms with Crippen molar-refractivity contribution in [3.05, 3.63) is 47.4 Å². The topological polar surface area (TPSA) is 123 Å². The van der Waals surface area contributed by atoms with Crippen LogP contribution in [0.4, 0.5) is 10.3 Å². The molecule has 2 atom stereocenters. The first-order valence-electron chi connectivity index (χ1n) is 14.0. The van der Waals surface area contributed by atoms with Crippen LogP contribution < -0.4 is 15.0 Å². The molecule has 2 aliphatic rings. The van der Waals surface area contributed by atoms with Crippen LogP contribution >= 0.6 is 9.24 Å². The highest BCUT2D eigenvalue weighted by Crippen LogP contribution is 2.39. The van der Waals surface area contributed by atoms with Gasteiger partial charge in [0.05, 0.1) is 44.3 Å². The molecule has 0 saturated heterocycles. The van der Waals surface area contributed by atoms with E-state index in [0.29, 0.717) is 52.8 Å². The molecule has 1 saturated carbocycles. The number of carbonyl (C=O) groups excluding carboxylic acids is 1. The summed E-state index contributed by atoms with van der Waals surface area (Å²) >= 11 is 0. The number of imidazole rings is 1. The number of fused-ring (bicyclic) bond motifs is 1. The zero-order chi connectivity index (χ0) is 30.3. The number of amides is 1. The van der Waals surface area contributed by atoms with E-state index in [9.17, 15) is 9.18 Å². The van der Waals surface area contributed by atoms with E-state index in [1.165, 1.54) is 6.92 Å². The molecular formula is C29H38FN8O3P. The molecule has 5 rings (SSSR count). The number of halogens is 1. The van der Waals surface area contributed by atoms with Gasteiger partial charge in [-0.05, 0) is 51.3 Å². The van der Waals surface area contributed by atoms with Crippen LogP contribution in [0.2, 0.25) is 0 Å². The lowest BCUT2D eigenvalue weighted by molar-refractivity contribution is -0.119. The largest absolute Gasteiger partial charge is 0.496 e. The second-order valence-electron chi connectivity index (χ2n) is 11.1. The predicted octanol–water partition coefficient (Wildman–Crippen LogP) is 4.65. The van der Waals surface area contributed by atoms with Gasteiger partial charge in [0.1, 0.15) is 17.1 Å². The minimum atomic E-state index is -1.67. The Hall–Kier alpha value is -3.79. The molecule has 11 nitrogen and oxygen atoms in total. The molecule has 2 aromatic heterocycles. The average molecular weight is 597 g/mol. The normalized spacial score (nSPS) is 17.1. The van der Waals surface area contributed by atoms with Crippen molar-refractivity contribution < 1.29 is 18.7 Å². The van der Waals surface area contributed by atoms with Gasteiger partial charge in [-0.3, -0.25) is 9.69 Å². The summed E-state index contributed by atoms with van der Waals surface area (Å²) in [6, 6.07) is 5.71. The van der Waals surface area contributed by atoms with Crippen molar-refractivity contribution in [2.75, 3.05) is 26.2 Å².